The molecule has 39 heavy (non-hydrogen) atoms. The van der Waals surface area contributed by atoms with Gasteiger partial charge in [0.1, 0.15) is 11.6 Å². The smallest absolute Gasteiger partial charge is 0.205 e. The molecule has 1 saturated heterocycles. The van der Waals surface area contributed by atoms with Crippen molar-refractivity contribution >= 4 is 11.6 Å². The molecule has 0 spiro atoms. The van der Waals surface area contributed by atoms with Gasteiger partial charge in [0.15, 0.2) is 0 Å². The van der Waals surface area contributed by atoms with Gasteiger partial charge < -0.3 is 9.64 Å². The van der Waals surface area contributed by atoms with Crippen LogP contribution in [0.15, 0.2) is 60.7 Å². The summed E-state index contributed by atoms with van der Waals surface area (Å²) >= 11 is 0. The molecule has 0 radical (unpaired) electrons. The van der Waals surface area contributed by atoms with Gasteiger partial charge >= 0.3 is 0 Å². The van der Waals surface area contributed by atoms with Crippen LogP contribution >= 0.6 is 0 Å². The fourth-order valence-electron chi connectivity index (χ4n) is 5.18. The number of anilines is 1. The van der Waals surface area contributed by atoms with E-state index < -0.39 is 0 Å². The number of rotatable bonds is 10. The number of carbonyl (C=O) groups is 1. The molecular formula is C31H36N6O2. The summed E-state index contributed by atoms with van der Waals surface area (Å²) in [6, 6.07) is 20.6. The number of nitrogens with one attached hydrogen (secondary N) is 1. The normalized spacial score (nSPS) is 14.1. The Kier molecular flexibility index (Phi) is 8.42. The highest BCUT2D eigenvalue weighted by Gasteiger charge is 2.25. The van der Waals surface area contributed by atoms with Gasteiger partial charge in [0.25, 0.3) is 0 Å². The van der Waals surface area contributed by atoms with Crippen molar-refractivity contribution in [1.82, 2.24) is 25.6 Å². The van der Waals surface area contributed by atoms with Crippen LogP contribution in [0, 0.1) is 12.8 Å². The molecular weight excluding hydrogens is 488 g/mol. The van der Waals surface area contributed by atoms with Gasteiger partial charge in [-0.3, -0.25) is 4.79 Å². The van der Waals surface area contributed by atoms with Gasteiger partial charge in [-0.2, -0.15) is 5.21 Å². The number of hydrogen-bond donors (Lipinski definition) is 1. The van der Waals surface area contributed by atoms with Gasteiger partial charge in [-0.25, -0.2) is 4.98 Å². The summed E-state index contributed by atoms with van der Waals surface area (Å²) in [7, 11) is 0. The number of benzene rings is 2. The minimum atomic E-state index is 0.176. The average Bonchev–Trinajstić information content (AvgIpc) is 3.48. The van der Waals surface area contributed by atoms with E-state index >= 15 is 0 Å². The molecule has 0 atom stereocenters. The van der Waals surface area contributed by atoms with Gasteiger partial charge in [0.2, 0.25) is 5.82 Å². The molecule has 8 heteroatoms. The Labute approximate surface area is 229 Å². The third-order valence-electron chi connectivity index (χ3n) is 7.07. The van der Waals surface area contributed by atoms with Crippen molar-refractivity contribution in [2.45, 2.75) is 52.5 Å². The fraction of sp³-hybridized carbons (Fsp3) is 0.387. The van der Waals surface area contributed by atoms with E-state index in [1.54, 1.807) is 0 Å². The van der Waals surface area contributed by atoms with Gasteiger partial charge in [-0.1, -0.05) is 67.9 Å². The summed E-state index contributed by atoms with van der Waals surface area (Å²) in [5, 5.41) is 14.7. The number of pyridine rings is 1. The van der Waals surface area contributed by atoms with Crippen molar-refractivity contribution in [3.63, 3.8) is 0 Å². The number of ketones is 1. The molecule has 0 bridgehead atoms. The molecule has 5 rings (SSSR count). The predicted octanol–water partition coefficient (Wildman–Crippen LogP) is 5.23. The maximum Gasteiger partial charge on any atom is 0.205 e. The molecule has 8 nitrogen and oxygen atoms in total. The lowest BCUT2D eigenvalue weighted by molar-refractivity contribution is -0.117. The van der Waals surface area contributed by atoms with Crippen LogP contribution in [0.2, 0.25) is 0 Å². The quantitative estimate of drug-likeness (QED) is 0.303. The largest absolute Gasteiger partial charge is 0.381 e. The number of nitrogens with zero attached hydrogens (tertiary/aromatic N) is 5. The van der Waals surface area contributed by atoms with E-state index in [4.69, 9.17) is 9.72 Å². The number of carbonyl (C=O) groups excluding carboxylic acids is 1. The molecule has 0 aliphatic carbocycles. The molecule has 0 saturated carbocycles. The van der Waals surface area contributed by atoms with Crippen LogP contribution in [0.4, 0.5) is 5.82 Å². The van der Waals surface area contributed by atoms with E-state index in [1.165, 1.54) is 5.56 Å². The molecule has 2 aromatic carbocycles. The lowest BCUT2D eigenvalue weighted by Gasteiger charge is -2.37. The summed E-state index contributed by atoms with van der Waals surface area (Å²) in [4.78, 5) is 20.9. The lowest BCUT2D eigenvalue weighted by Crippen LogP contribution is -2.42. The van der Waals surface area contributed by atoms with Gasteiger partial charge in [0, 0.05) is 49.8 Å². The highest BCUT2D eigenvalue weighted by atomic mass is 16.5. The number of H-pyrrole nitrogens is 1. The van der Waals surface area contributed by atoms with Crippen molar-refractivity contribution in [2.75, 3.05) is 24.7 Å². The molecule has 0 unspecified atom stereocenters. The number of aromatic amines is 1. The highest BCUT2D eigenvalue weighted by Crippen LogP contribution is 2.32. The molecule has 1 N–H and O–H groups in total. The zero-order valence-corrected chi connectivity index (χ0v) is 22.9. The molecule has 4 aromatic rings. The molecule has 1 fully saturated rings. The van der Waals surface area contributed by atoms with Crippen LogP contribution < -0.4 is 4.90 Å². The molecule has 202 valence electrons. The Morgan fingerprint density at radius 3 is 2.41 bits per heavy atom. The number of aryl methyl sites for hydroxylation is 1. The van der Waals surface area contributed by atoms with Crippen LogP contribution in [0.3, 0.4) is 0 Å². The Balaban J connectivity index is 1.54. The molecule has 3 heterocycles. The van der Waals surface area contributed by atoms with Gasteiger partial charge in [0.05, 0.1) is 5.69 Å². The molecule has 2 aromatic heterocycles. The first-order chi connectivity index (χ1) is 19.0. The summed E-state index contributed by atoms with van der Waals surface area (Å²) in [5.74, 6) is 2.04. The maximum atomic E-state index is 13.2. The van der Waals surface area contributed by atoms with Crippen molar-refractivity contribution in [3.05, 3.63) is 77.4 Å². The average molecular weight is 525 g/mol. The molecule has 0 amide bonds. The van der Waals surface area contributed by atoms with E-state index in [-0.39, 0.29) is 5.78 Å². The van der Waals surface area contributed by atoms with Crippen molar-refractivity contribution < 1.29 is 9.53 Å². The van der Waals surface area contributed by atoms with Crippen molar-refractivity contribution in [2.24, 2.45) is 5.92 Å². The summed E-state index contributed by atoms with van der Waals surface area (Å²) in [5.41, 5.74) is 5.72. The number of Topliss-reactive ketones (excluding diaryl/α,β-unsaturated/α-hetero) is 1. The third kappa shape index (κ3) is 6.75. The minimum absolute atomic E-state index is 0.176. The number of hydrogen-bond acceptors (Lipinski definition) is 7. The first-order valence-electron chi connectivity index (χ1n) is 13.7. The first-order valence-corrected chi connectivity index (χ1v) is 13.7. The fourth-order valence-corrected chi connectivity index (χ4v) is 5.18. The van der Waals surface area contributed by atoms with Crippen LogP contribution in [0.25, 0.3) is 22.6 Å². The SMILES string of the molecule is Cc1ccc(CC(=O)Cc2cc(-c3ccccc3-c3nn[nH]n3)nc(N(CC(C)C)C3CCOCC3)c2)cc1. The minimum Gasteiger partial charge on any atom is -0.381 e. The Bertz CT molecular complexity index is 1380. The van der Waals surface area contributed by atoms with Gasteiger partial charge in [-0.15, -0.1) is 10.2 Å². The predicted molar refractivity (Wildman–Crippen MR) is 152 cm³/mol. The second-order valence-corrected chi connectivity index (χ2v) is 10.8. The van der Waals surface area contributed by atoms with Crippen LogP contribution in [0.1, 0.15) is 43.4 Å². The van der Waals surface area contributed by atoms with E-state index in [0.717, 1.165) is 66.4 Å². The van der Waals surface area contributed by atoms with Crippen LogP contribution in [-0.2, 0) is 22.4 Å². The Morgan fingerprint density at radius 2 is 1.72 bits per heavy atom. The summed E-state index contributed by atoms with van der Waals surface area (Å²) in [6.45, 7) is 8.90. The highest BCUT2D eigenvalue weighted by molar-refractivity contribution is 5.85. The zero-order chi connectivity index (χ0) is 27.2. The van der Waals surface area contributed by atoms with Crippen LogP contribution in [-0.4, -0.2) is 57.2 Å². The molecule has 1 aliphatic heterocycles. The topological polar surface area (TPSA) is 96.9 Å². The second kappa shape index (κ2) is 12.3. The number of ether oxygens (including phenoxy) is 1. The van der Waals surface area contributed by atoms with E-state index in [1.807, 2.05) is 42.5 Å². The van der Waals surface area contributed by atoms with Crippen LogP contribution in [0.5, 0.6) is 0 Å². The van der Waals surface area contributed by atoms with Crippen molar-refractivity contribution in [1.29, 1.82) is 0 Å². The summed E-state index contributed by atoms with van der Waals surface area (Å²) in [6.07, 6.45) is 2.66. The second-order valence-electron chi connectivity index (χ2n) is 10.8. The van der Waals surface area contributed by atoms with E-state index in [2.05, 4.69) is 64.5 Å². The maximum absolute atomic E-state index is 13.2. The Morgan fingerprint density at radius 1 is 1.00 bits per heavy atom. The lowest BCUT2D eigenvalue weighted by atomic mass is 9.98. The van der Waals surface area contributed by atoms with E-state index in [9.17, 15) is 4.79 Å². The zero-order valence-electron chi connectivity index (χ0n) is 22.9. The number of tetrazole rings is 1. The standard InChI is InChI=1S/C31H36N6O2/c1-21(2)20-37(25-12-14-39-15-13-25)30-19-24(17-26(38)16-23-10-8-22(3)9-11-23)18-29(32-30)27-6-4-5-7-28(27)31-33-35-36-34-31/h4-11,18-19,21,25H,12-17,20H2,1-3H3,(H,33,34,35,36). The first kappa shape index (κ1) is 26.7. The summed E-state index contributed by atoms with van der Waals surface area (Å²) < 4.78 is 5.67. The third-order valence-corrected chi connectivity index (χ3v) is 7.07. The Hall–Kier alpha value is -3.91. The molecule has 1 aliphatic rings. The monoisotopic (exact) mass is 524 g/mol. The van der Waals surface area contributed by atoms with E-state index in [0.29, 0.717) is 30.6 Å². The number of aromatic nitrogens is 5. The van der Waals surface area contributed by atoms with Gasteiger partial charge in [-0.05, 0) is 54.2 Å². The van der Waals surface area contributed by atoms with Crippen molar-refractivity contribution in [3.8, 4) is 22.6 Å².